The maximum atomic E-state index is 6.67. The number of aromatic nitrogens is 3. The van der Waals surface area contributed by atoms with Gasteiger partial charge in [-0.3, -0.25) is 0 Å². The van der Waals surface area contributed by atoms with Crippen molar-refractivity contribution < 1.29 is 8.83 Å². The van der Waals surface area contributed by atoms with Crippen LogP contribution in [0.4, 0.5) is 0 Å². The van der Waals surface area contributed by atoms with E-state index in [4.69, 9.17) is 23.8 Å². The van der Waals surface area contributed by atoms with Crippen molar-refractivity contribution in [1.82, 2.24) is 15.0 Å². The third-order valence-corrected chi connectivity index (χ3v) is 14.0. The van der Waals surface area contributed by atoms with E-state index in [2.05, 4.69) is 188 Å². The van der Waals surface area contributed by atoms with Crippen LogP contribution in [0.25, 0.3) is 111 Å². The van der Waals surface area contributed by atoms with Crippen LogP contribution in [0, 0.1) is 0 Å². The highest BCUT2D eigenvalue weighted by Crippen LogP contribution is 2.57. The van der Waals surface area contributed by atoms with Crippen molar-refractivity contribution in [1.29, 1.82) is 0 Å². The van der Waals surface area contributed by atoms with Gasteiger partial charge in [-0.1, -0.05) is 194 Å². The van der Waals surface area contributed by atoms with Gasteiger partial charge in [0.15, 0.2) is 17.5 Å². The molecule has 0 spiro atoms. The van der Waals surface area contributed by atoms with E-state index in [0.717, 1.165) is 82.8 Å². The fourth-order valence-corrected chi connectivity index (χ4v) is 11.0. The first-order chi connectivity index (χ1) is 34.2. The van der Waals surface area contributed by atoms with E-state index in [1.54, 1.807) is 0 Å². The number of rotatable bonds is 7. The number of benzene rings is 10. The predicted molar refractivity (Wildman–Crippen MR) is 279 cm³/mol. The molecule has 5 nitrogen and oxygen atoms in total. The van der Waals surface area contributed by atoms with Gasteiger partial charge in [0.05, 0.1) is 11.0 Å². The summed E-state index contributed by atoms with van der Waals surface area (Å²) in [6.45, 7) is 0. The van der Waals surface area contributed by atoms with Crippen molar-refractivity contribution in [3.8, 4) is 67.5 Å². The Hall–Kier alpha value is -9.19. The zero-order chi connectivity index (χ0) is 45.5. The highest BCUT2D eigenvalue weighted by atomic mass is 16.3. The summed E-state index contributed by atoms with van der Waals surface area (Å²) in [4.78, 5) is 15.9. The molecule has 14 rings (SSSR count). The second-order valence-corrected chi connectivity index (χ2v) is 17.8. The molecule has 13 aromatic rings. The Bertz CT molecular complexity index is 4100. The van der Waals surface area contributed by atoms with E-state index in [0.29, 0.717) is 17.5 Å². The van der Waals surface area contributed by atoms with Gasteiger partial charge < -0.3 is 8.83 Å². The third kappa shape index (κ3) is 6.07. The molecule has 0 saturated heterocycles. The van der Waals surface area contributed by atoms with Crippen LogP contribution < -0.4 is 0 Å². The Kier molecular flexibility index (Phi) is 8.73. The molecule has 0 saturated carbocycles. The smallest absolute Gasteiger partial charge is 0.167 e. The Balaban J connectivity index is 0.968. The van der Waals surface area contributed by atoms with Crippen LogP contribution in [0.15, 0.2) is 245 Å². The molecule has 3 aromatic heterocycles. The van der Waals surface area contributed by atoms with Gasteiger partial charge in [0.2, 0.25) is 0 Å². The number of nitrogens with zero attached hydrogens (tertiary/aromatic N) is 3. The third-order valence-electron chi connectivity index (χ3n) is 14.0. The number of hydrogen-bond donors (Lipinski definition) is 0. The lowest BCUT2D eigenvalue weighted by atomic mass is 9.67. The van der Waals surface area contributed by atoms with Crippen molar-refractivity contribution in [2.75, 3.05) is 0 Å². The van der Waals surface area contributed by atoms with Crippen molar-refractivity contribution in [3.05, 3.63) is 259 Å². The lowest BCUT2D eigenvalue weighted by Crippen LogP contribution is -2.28. The maximum absolute atomic E-state index is 6.67. The van der Waals surface area contributed by atoms with Crippen LogP contribution in [0.5, 0.6) is 0 Å². The topological polar surface area (TPSA) is 65.0 Å². The largest absolute Gasteiger partial charge is 0.456 e. The van der Waals surface area contributed by atoms with Crippen molar-refractivity contribution in [2.24, 2.45) is 0 Å². The normalized spacial score (nSPS) is 12.8. The molecular weight excluding hydrogens is 843 g/mol. The van der Waals surface area contributed by atoms with Gasteiger partial charge in [-0.2, -0.15) is 0 Å². The number of hydrogen-bond acceptors (Lipinski definition) is 5. The van der Waals surface area contributed by atoms with E-state index in [9.17, 15) is 0 Å². The molecule has 0 atom stereocenters. The SMILES string of the molecule is c1ccc(-c2cccc(-c3nc(-c4cccc5c4oc4ccccc45)nc(-c4cccc5oc6ccc(-c7ccc8c(c7)C(c7ccccc7)(c7ccccc7)c7ccccc7-8)cc6c45)n3)c2)cc1. The fourth-order valence-electron chi connectivity index (χ4n) is 11.0. The molecule has 0 N–H and O–H groups in total. The average Bonchev–Trinajstić information content (AvgIpc) is 4.10. The summed E-state index contributed by atoms with van der Waals surface area (Å²) in [7, 11) is 0. The van der Waals surface area contributed by atoms with Gasteiger partial charge in [0.1, 0.15) is 22.3 Å². The van der Waals surface area contributed by atoms with E-state index >= 15 is 0 Å². The minimum absolute atomic E-state index is 0.508. The van der Waals surface area contributed by atoms with E-state index in [1.165, 1.54) is 33.4 Å². The Morgan fingerprint density at radius 2 is 0.826 bits per heavy atom. The summed E-state index contributed by atoms with van der Waals surface area (Å²) >= 11 is 0. The summed E-state index contributed by atoms with van der Waals surface area (Å²) in [5.41, 5.74) is 17.0. The molecule has 69 heavy (non-hydrogen) atoms. The quantitative estimate of drug-likeness (QED) is 0.160. The second kappa shape index (κ2) is 15.4. The first-order valence-electron chi connectivity index (χ1n) is 23.3. The fraction of sp³-hybridized carbons (Fsp3) is 0.0156. The molecule has 5 heteroatoms. The maximum Gasteiger partial charge on any atom is 0.167 e. The Labute approximate surface area is 397 Å². The van der Waals surface area contributed by atoms with Gasteiger partial charge in [-0.05, 0) is 98.1 Å². The molecule has 322 valence electrons. The molecule has 0 aliphatic heterocycles. The van der Waals surface area contributed by atoms with Crippen molar-refractivity contribution in [3.63, 3.8) is 0 Å². The molecule has 0 radical (unpaired) electrons. The Morgan fingerprint density at radius 1 is 0.290 bits per heavy atom. The summed E-state index contributed by atoms with van der Waals surface area (Å²) in [6.07, 6.45) is 0. The zero-order valence-corrected chi connectivity index (χ0v) is 37.2. The number of furan rings is 2. The predicted octanol–water partition coefficient (Wildman–Crippen LogP) is 16.4. The molecule has 3 heterocycles. The summed E-state index contributed by atoms with van der Waals surface area (Å²) < 4.78 is 13.2. The molecule has 0 fully saturated rings. The molecular formula is C64H39N3O2. The molecule has 10 aromatic carbocycles. The van der Waals surface area contributed by atoms with Crippen LogP contribution in [-0.4, -0.2) is 15.0 Å². The van der Waals surface area contributed by atoms with Crippen LogP contribution in [-0.2, 0) is 5.41 Å². The molecule has 0 bridgehead atoms. The van der Waals surface area contributed by atoms with Crippen molar-refractivity contribution >= 4 is 43.9 Å². The van der Waals surface area contributed by atoms with Gasteiger partial charge in [-0.15, -0.1) is 0 Å². The van der Waals surface area contributed by atoms with Gasteiger partial charge in [-0.25, -0.2) is 15.0 Å². The zero-order valence-electron chi connectivity index (χ0n) is 37.2. The minimum atomic E-state index is -0.508. The van der Waals surface area contributed by atoms with Crippen LogP contribution in [0.1, 0.15) is 22.3 Å². The van der Waals surface area contributed by atoms with Gasteiger partial charge >= 0.3 is 0 Å². The highest BCUT2D eigenvalue weighted by Gasteiger charge is 2.46. The molecule has 0 unspecified atom stereocenters. The first-order valence-corrected chi connectivity index (χ1v) is 23.3. The van der Waals surface area contributed by atoms with Crippen LogP contribution in [0.3, 0.4) is 0 Å². The number of para-hydroxylation sites is 2. The minimum Gasteiger partial charge on any atom is -0.456 e. The van der Waals surface area contributed by atoms with Gasteiger partial charge in [0, 0.05) is 32.7 Å². The van der Waals surface area contributed by atoms with E-state index < -0.39 is 5.41 Å². The molecule has 1 aliphatic carbocycles. The first kappa shape index (κ1) is 39.0. The lowest BCUT2D eigenvalue weighted by molar-refractivity contribution is 0.668. The number of fused-ring (bicyclic) bond motifs is 9. The van der Waals surface area contributed by atoms with Gasteiger partial charge in [0.25, 0.3) is 0 Å². The van der Waals surface area contributed by atoms with Crippen LogP contribution >= 0.6 is 0 Å². The monoisotopic (exact) mass is 881 g/mol. The van der Waals surface area contributed by atoms with E-state index in [-0.39, 0.29) is 0 Å². The lowest BCUT2D eigenvalue weighted by Gasteiger charge is -2.34. The second-order valence-electron chi connectivity index (χ2n) is 17.8. The Morgan fingerprint density at radius 3 is 1.65 bits per heavy atom. The molecule has 1 aliphatic rings. The van der Waals surface area contributed by atoms with Crippen molar-refractivity contribution in [2.45, 2.75) is 5.41 Å². The standard InChI is InChI=1S/C64H39N3O2/c1-4-17-40(18-5-1)41-19-14-20-44(37-41)61-65-62(67-63(66-61)52-29-15-27-50-49-26-11-13-31-56(49)69-60(50)52)51-28-16-32-58-59(51)53-38-42(34-36-57(53)68-58)43-33-35-48-47-25-10-12-30-54(47)64(55(48)39-43,45-21-6-2-7-22-45)46-23-8-3-9-24-46/h1-39H. The van der Waals surface area contributed by atoms with Crippen LogP contribution in [0.2, 0.25) is 0 Å². The molecule has 0 amide bonds. The average molecular weight is 882 g/mol. The summed E-state index contributed by atoms with van der Waals surface area (Å²) in [5.74, 6) is 1.62. The summed E-state index contributed by atoms with van der Waals surface area (Å²) in [5, 5.41) is 3.97. The van der Waals surface area contributed by atoms with E-state index in [1.807, 2.05) is 48.5 Å². The summed E-state index contributed by atoms with van der Waals surface area (Å²) in [6, 6.07) is 83.5. The highest BCUT2D eigenvalue weighted by molar-refractivity contribution is 6.13.